The summed E-state index contributed by atoms with van der Waals surface area (Å²) < 4.78 is 25.9. The number of carbonyl (C=O) groups is 1. The molecule has 0 aliphatic rings. The Hall–Kier alpha value is -2.20. The number of nitro benzene ring substituents is 1. The maximum atomic E-state index is 11.9. The van der Waals surface area contributed by atoms with Crippen LogP contribution < -0.4 is 15.8 Å². The van der Waals surface area contributed by atoms with Gasteiger partial charge in [0.1, 0.15) is 0 Å². The number of sulfonamides is 1. The molecule has 0 atom stereocenters. The third kappa shape index (κ3) is 3.90. The smallest absolute Gasteiger partial charge is 0.291 e. The molecule has 0 aliphatic carbocycles. The Morgan fingerprint density at radius 3 is 2.65 bits per heavy atom. The van der Waals surface area contributed by atoms with Crippen molar-refractivity contribution in [1.29, 1.82) is 0 Å². The fraction of sp³-hybridized carbons (Fsp3) is 0.300. The second-order valence-electron chi connectivity index (χ2n) is 3.76. The quantitative estimate of drug-likeness (QED) is 0.370. The summed E-state index contributed by atoms with van der Waals surface area (Å²) in [6, 6.07) is 3.20. The van der Waals surface area contributed by atoms with E-state index in [9.17, 15) is 23.3 Å². The monoisotopic (exact) mass is 302 g/mol. The van der Waals surface area contributed by atoms with Crippen LogP contribution >= 0.6 is 0 Å². The molecule has 1 rings (SSSR count). The summed E-state index contributed by atoms with van der Waals surface area (Å²) in [6.45, 7) is 1.53. The Labute approximate surface area is 115 Å². The van der Waals surface area contributed by atoms with Gasteiger partial charge in [-0.15, -0.1) is 0 Å². The summed E-state index contributed by atoms with van der Waals surface area (Å²) in [7, 11) is -4.17. The summed E-state index contributed by atoms with van der Waals surface area (Å²) in [5.41, 5.74) is 4.81. The molecule has 1 aromatic rings. The first-order valence-electron chi connectivity index (χ1n) is 5.58. The minimum absolute atomic E-state index is 0.0689. The molecule has 0 saturated heterocycles. The van der Waals surface area contributed by atoms with Gasteiger partial charge in [0.25, 0.3) is 5.69 Å². The molecule has 0 heterocycles. The lowest BCUT2D eigenvalue weighted by atomic mass is 10.3. The van der Waals surface area contributed by atoms with E-state index in [0.717, 1.165) is 12.1 Å². The number of nitrogens with zero attached hydrogens (tertiary/aromatic N) is 1. The van der Waals surface area contributed by atoms with Crippen molar-refractivity contribution in [3.63, 3.8) is 0 Å². The van der Waals surface area contributed by atoms with Crippen LogP contribution in [0.1, 0.15) is 6.92 Å². The first-order valence-corrected chi connectivity index (χ1v) is 7.06. The van der Waals surface area contributed by atoms with Crippen LogP contribution in [0, 0.1) is 10.1 Å². The summed E-state index contributed by atoms with van der Waals surface area (Å²) in [6.07, 6.45) is 0. The second kappa shape index (κ2) is 6.30. The molecule has 9 nitrogen and oxygen atoms in total. The molecule has 4 N–H and O–H groups in total. The summed E-state index contributed by atoms with van der Waals surface area (Å²) in [5.74, 6) is -0.533. The zero-order valence-corrected chi connectivity index (χ0v) is 11.4. The first kappa shape index (κ1) is 15.9. The molecule has 0 spiro atoms. The molecule has 0 saturated carbocycles. The van der Waals surface area contributed by atoms with Gasteiger partial charge in [0.05, 0.1) is 11.5 Å². The van der Waals surface area contributed by atoms with Gasteiger partial charge >= 0.3 is 0 Å². The lowest BCUT2D eigenvalue weighted by Gasteiger charge is -2.07. The molecule has 10 heteroatoms. The van der Waals surface area contributed by atoms with Crippen molar-refractivity contribution in [3.8, 4) is 0 Å². The Balaban J connectivity index is 3.04. The topological polar surface area (TPSA) is 144 Å². The number of nitrogen functional groups attached to an aromatic ring is 1. The molecule has 1 aromatic carbocycles. The molecule has 0 bridgehead atoms. The standard InChI is InChI=1S/C10H14N4O5S/c1-2-12-10(15)6-13-20(18,19)9-4-3-7(11)5-8(9)14(16)17/h3-5,13H,2,6,11H2,1H3,(H,12,15). The number of benzene rings is 1. The van der Waals surface area contributed by atoms with Crippen LogP contribution in [0.15, 0.2) is 23.1 Å². The number of nitrogens with one attached hydrogen (secondary N) is 2. The van der Waals surface area contributed by atoms with Gasteiger partial charge in [0.2, 0.25) is 15.9 Å². The number of carbonyl (C=O) groups excluding carboxylic acids is 1. The largest absolute Gasteiger partial charge is 0.399 e. The van der Waals surface area contributed by atoms with Crippen LogP contribution in [0.2, 0.25) is 0 Å². The van der Waals surface area contributed by atoms with Crippen LogP contribution in [-0.2, 0) is 14.8 Å². The van der Waals surface area contributed by atoms with Crippen molar-refractivity contribution in [1.82, 2.24) is 10.0 Å². The number of rotatable bonds is 6. The van der Waals surface area contributed by atoms with E-state index < -0.39 is 38.0 Å². The van der Waals surface area contributed by atoms with E-state index in [2.05, 4.69) is 5.32 Å². The first-order chi connectivity index (χ1) is 9.27. The lowest BCUT2D eigenvalue weighted by molar-refractivity contribution is -0.387. The lowest BCUT2D eigenvalue weighted by Crippen LogP contribution is -2.36. The fourth-order valence-corrected chi connectivity index (χ4v) is 2.53. The Morgan fingerprint density at radius 2 is 2.10 bits per heavy atom. The molecule has 0 radical (unpaired) electrons. The van der Waals surface area contributed by atoms with Crippen molar-refractivity contribution >= 4 is 27.3 Å². The van der Waals surface area contributed by atoms with Crippen molar-refractivity contribution in [2.45, 2.75) is 11.8 Å². The second-order valence-corrected chi connectivity index (χ2v) is 5.50. The van der Waals surface area contributed by atoms with Gasteiger partial charge in [-0.1, -0.05) is 0 Å². The van der Waals surface area contributed by atoms with Gasteiger partial charge in [-0.25, -0.2) is 13.1 Å². The number of hydrogen-bond donors (Lipinski definition) is 3. The molecular weight excluding hydrogens is 288 g/mol. The van der Waals surface area contributed by atoms with E-state index in [-0.39, 0.29) is 5.69 Å². The maximum absolute atomic E-state index is 11.9. The minimum Gasteiger partial charge on any atom is -0.399 e. The number of likely N-dealkylation sites (N-methyl/N-ethyl adjacent to an activating group) is 1. The summed E-state index contributed by atoms with van der Waals surface area (Å²) >= 11 is 0. The summed E-state index contributed by atoms with van der Waals surface area (Å²) in [4.78, 5) is 20.7. The molecular formula is C10H14N4O5S. The molecule has 110 valence electrons. The van der Waals surface area contributed by atoms with Crippen LogP contribution in [0.5, 0.6) is 0 Å². The molecule has 20 heavy (non-hydrogen) atoms. The molecule has 1 amide bonds. The van der Waals surface area contributed by atoms with Crippen molar-refractivity contribution < 1.29 is 18.1 Å². The van der Waals surface area contributed by atoms with Gasteiger partial charge in [-0.05, 0) is 19.1 Å². The van der Waals surface area contributed by atoms with Crippen molar-refractivity contribution in [2.75, 3.05) is 18.8 Å². The zero-order valence-electron chi connectivity index (χ0n) is 10.6. The predicted octanol–water partition coefficient (Wildman–Crippen LogP) is -0.409. The van der Waals surface area contributed by atoms with Crippen LogP contribution in [0.3, 0.4) is 0 Å². The van der Waals surface area contributed by atoms with E-state index >= 15 is 0 Å². The Kier molecular flexibility index (Phi) is 5.00. The van der Waals surface area contributed by atoms with E-state index in [1.807, 2.05) is 4.72 Å². The van der Waals surface area contributed by atoms with Gasteiger partial charge < -0.3 is 11.1 Å². The van der Waals surface area contributed by atoms with E-state index in [1.54, 1.807) is 6.92 Å². The highest BCUT2D eigenvalue weighted by Gasteiger charge is 2.26. The van der Waals surface area contributed by atoms with Crippen LogP contribution in [0.4, 0.5) is 11.4 Å². The molecule has 0 aliphatic heterocycles. The molecule has 0 aromatic heterocycles. The zero-order chi connectivity index (χ0) is 15.3. The van der Waals surface area contributed by atoms with Gasteiger partial charge in [-0.3, -0.25) is 14.9 Å². The number of hydrogen-bond acceptors (Lipinski definition) is 6. The normalized spacial score (nSPS) is 11.1. The Morgan fingerprint density at radius 1 is 1.45 bits per heavy atom. The predicted molar refractivity (Wildman–Crippen MR) is 71.4 cm³/mol. The highest BCUT2D eigenvalue weighted by atomic mass is 32.2. The average molecular weight is 302 g/mol. The maximum Gasteiger partial charge on any atom is 0.291 e. The molecule has 0 unspecified atom stereocenters. The minimum atomic E-state index is -4.17. The van der Waals surface area contributed by atoms with Gasteiger partial charge in [0.15, 0.2) is 4.90 Å². The van der Waals surface area contributed by atoms with Gasteiger partial charge in [0, 0.05) is 18.3 Å². The number of anilines is 1. The SMILES string of the molecule is CCNC(=O)CNS(=O)(=O)c1ccc(N)cc1[N+](=O)[O-]. The average Bonchev–Trinajstić information content (AvgIpc) is 2.36. The Bertz CT molecular complexity index is 629. The van der Waals surface area contributed by atoms with E-state index in [0.29, 0.717) is 6.54 Å². The number of nitrogens with two attached hydrogens (primary N) is 1. The molecule has 0 fully saturated rings. The van der Waals surface area contributed by atoms with E-state index in [1.165, 1.54) is 6.07 Å². The highest BCUT2D eigenvalue weighted by Crippen LogP contribution is 2.25. The third-order valence-electron chi connectivity index (χ3n) is 2.27. The van der Waals surface area contributed by atoms with E-state index in [4.69, 9.17) is 5.73 Å². The number of amides is 1. The van der Waals surface area contributed by atoms with Crippen LogP contribution in [0.25, 0.3) is 0 Å². The van der Waals surface area contributed by atoms with Crippen molar-refractivity contribution in [3.05, 3.63) is 28.3 Å². The van der Waals surface area contributed by atoms with Crippen molar-refractivity contribution in [2.24, 2.45) is 0 Å². The third-order valence-corrected chi connectivity index (χ3v) is 3.71. The summed E-state index contributed by atoms with van der Waals surface area (Å²) in [5, 5.41) is 13.2. The van der Waals surface area contributed by atoms with Gasteiger partial charge in [-0.2, -0.15) is 0 Å². The number of nitro groups is 1. The fourth-order valence-electron chi connectivity index (χ4n) is 1.40. The van der Waals surface area contributed by atoms with Crippen LogP contribution in [-0.4, -0.2) is 32.3 Å². The highest BCUT2D eigenvalue weighted by molar-refractivity contribution is 7.89.